The number of nitrogens with zero attached hydrogens (tertiary/aromatic N) is 1. The molecule has 102 valence electrons. The van der Waals surface area contributed by atoms with Gasteiger partial charge in [-0.2, -0.15) is 13.2 Å². The van der Waals surface area contributed by atoms with Crippen molar-refractivity contribution in [3.8, 4) is 0 Å². The summed E-state index contributed by atoms with van der Waals surface area (Å²) in [6, 6.07) is 0. The van der Waals surface area contributed by atoms with Crippen LogP contribution in [0.3, 0.4) is 0 Å². The van der Waals surface area contributed by atoms with Gasteiger partial charge in [0, 0.05) is 11.9 Å². The summed E-state index contributed by atoms with van der Waals surface area (Å²) in [5, 5.41) is 0.296. The number of amides is 1. The van der Waals surface area contributed by atoms with Crippen LogP contribution < -0.4 is 0 Å². The van der Waals surface area contributed by atoms with Crippen LogP contribution in [0.5, 0.6) is 0 Å². The average molecular weight is 320 g/mol. The smallest absolute Gasteiger partial charge is 0.366 e. The molecule has 0 aromatic carbocycles. The van der Waals surface area contributed by atoms with Gasteiger partial charge in [0.2, 0.25) is 5.91 Å². The zero-order valence-corrected chi connectivity index (χ0v) is 11.7. The summed E-state index contributed by atoms with van der Waals surface area (Å²) in [5.74, 6) is -0.656. The summed E-state index contributed by atoms with van der Waals surface area (Å²) in [6.45, 7) is 3.62. The van der Waals surface area contributed by atoms with Crippen molar-refractivity contribution in [2.24, 2.45) is 0 Å². The number of rotatable bonds is 5. The average Bonchev–Trinajstić information content (AvgIpc) is 2.10. The zero-order chi connectivity index (χ0) is 13.7. The summed E-state index contributed by atoms with van der Waals surface area (Å²) >= 11 is 3.01. The van der Waals surface area contributed by atoms with Crippen LogP contribution in [0.25, 0.3) is 0 Å². The topological polar surface area (TPSA) is 29.5 Å². The first kappa shape index (κ1) is 16.7. The Morgan fingerprint density at radius 3 is 2.18 bits per heavy atom. The normalized spacial score (nSPS) is 12.6. The highest BCUT2D eigenvalue weighted by molar-refractivity contribution is 9.09. The molecule has 0 aliphatic heterocycles. The predicted molar refractivity (Wildman–Crippen MR) is 62.1 cm³/mol. The Morgan fingerprint density at radius 1 is 1.29 bits per heavy atom. The van der Waals surface area contributed by atoms with Crippen molar-refractivity contribution < 1.29 is 22.7 Å². The largest absolute Gasteiger partial charge is 0.406 e. The van der Waals surface area contributed by atoms with Crippen LogP contribution in [0.1, 0.15) is 20.8 Å². The summed E-state index contributed by atoms with van der Waals surface area (Å²) in [5.41, 5.74) is -0.548. The lowest BCUT2D eigenvalue weighted by Crippen LogP contribution is -2.43. The lowest BCUT2D eigenvalue weighted by Gasteiger charge is -2.25. The van der Waals surface area contributed by atoms with Gasteiger partial charge in [-0.05, 0) is 20.8 Å². The Labute approximate surface area is 107 Å². The third-order valence-electron chi connectivity index (χ3n) is 1.71. The minimum Gasteiger partial charge on any atom is -0.366 e. The summed E-state index contributed by atoms with van der Waals surface area (Å²) in [4.78, 5) is 12.3. The maximum absolute atomic E-state index is 12.2. The van der Waals surface area contributed by atoms with Crippen molar-refractivity contribution >= 4 is 21.8 Å². The summed E-state index contributed by atoms with van der Waals surface area (Å²) in [6.07, 6.45) is -4.39. The first-order valence-corrected chi connectivity index (χ1v) is 6.22. The monoisotopic (exact) mass is 319 g/mol. The molecule has 1 amide bonds. The van der Waals surface area contributed by atoms with E-state index in [0.29, 0.717) is 5.33 Å². The number of alkyl halides is 4. The molecule has 0 saturated heterocycles. The first-order valence-electron chi connectivity index (χ1n) is 5.09. The Hall–Kier alpha value is -0.300. The van der Waals surface area contributed by atoms with Gasteiger partial charge < -0.3 is 9.64 Å². The van der Waals surface area contributed by atoms with Crippen molar-refractivity contribution in [3.05, 3.63) is 0 Å². The fourth-order valence-corrected chi connectivity index (χ4v) is 1.41. The maximum atomic E-state index is 12.2. The Morgan fingerprint density at radius 2 is 1.82 bits per heavy atom. The number of carbonyl (C=O) groups is 1. The van der Waals surface area contributed by atoms with Crippen LogP contribution >= 0.6 is 15.9 Å². The van der Waals surface area contributed by atoms with Crippen LogP contribution in [-0.2, 0) is 9.53 Å². The summed E-state index contributed by atoms with van der Waals surface area (Å²) < 4.78 is 41.8. The highest BCUT2D eigenvalue weighted by Crippen LogP contribution is 2.17. The number of hydrogen-bond acceptors (Lipinski definition) is 2. The van der Waals surface area contributed by atoms with Crippen molar-refractivity contribution in [2.75, 3.05) is 25.0 Å². The minimum atomic E-state index is -4.39. The van der Waals surface area contributed by atoms with E-state index in [2.05, 4.69) is 15.9 Å². The van der Waals surface area contributed by atoms with E-state index < -0.39 is 24.2 Å². The van der Waals surface area contributed by atoms with E-state index in [4.69, 9.17) is 4.74 Å². The molecule has 0 aromatic heterocycles. The van der Waals surface area contributed by atoms with Gasteiger partial charge in [-0.15, -0.1) is 0 Å². The van der Waals surface area contributed by atoms with E-state index in [-0.39, 0.29) is 13.2 Å². The van der Waals surface area contributed by atoms with Gasteiger partial charge in [0.15, 0.2) is 0 Å². The van der Waals surface area contributed by atoms with E-state index in [0.717, 1.165) is 4.90 Å². The van der Waals surface area contributed by atoms with E-state index in [1.54, 1.807) is 20.8 Å². The third-order valence-corrected chi connectivity index (χ3v) is 2.06. The summed E-state index contributed by atoms with van der Waals surface area (Å²) in [7, 11) is 0. The molecular weight excluding hydrogens is 303 g/mol. The minimum absolute atomic E-state index is 0.00580. The van der Waals surface area contributed by atoms with E-state index >= 15 is 0 Å². The standard InChI is InChI=1S/C10H17BrF3NO2/c1-9(2,3)17-6-8(16)15(5-4-11)7-10(12,13)14/h4-7H2,1-3H3. The SMILES string of the molecule is CC(C)(C)OCC(=O)N(CCBr)CC(F)(F)F. The van der Waals surface area contributed by atoms with Gasteiger partial charge in [0.25, 0.3) is 0 Å². The first-order chi connectivity index (χ1) is 7.55. The maximum Gasteiger partial charge on any atom is 0.406 e. The molecule has 7 heteroatoms. The predicted octanol–water partition coefficient (Wildman–Crippen LogP) is 2.59. The van der Waals surface area contributed by atoms with Crippen LogP contribution in [0.2, 0.25) is 0 Å². The fourth-order valence-electron chi connectivity index (χ4n) is 0.980. The van der Waals surface area contributed by atoms with Gasteiger partial charge >= 0.3 is 6.18 Å². The molecule has 0 aromatic rings. The second-order valence-corrected chi connectivity index (χ2v) is 5.31. The molecule has 0 heterocycles. The highest BCUT2D eigenvalue weighted by Gasteiger charge is 2.32. The van der Waals surface area contributed by atoms with E-state index in [1.807, 2.05) is 0 Å². The molecule has 0 saturated carbocycles. The molecular formula is C10H17BrF3NO2. The van der Waals surface area contributed by atoms with Crippen molar-refractivity contribution in [3.63, 3.8) is 0 Å². The molecule has 0 aliphatic carbocycles. The molecule has 17 heavy (non-hydrogen) atoms. The number of ether oxygens (including phenoxy) is 1. The molecule has 0 aliphatic rings. The number of hydrogen-bond donors (Lipinski definition) is 0. The Balaban J connectivity index is 4.35. The molecule has 0 N–H and O–H groups in total. The number of halogens is 4. The van der Waals surface area contributed by atoms with Crippen LogP contribution in [0, 0.1) is 0 Å². The third kappa shape index (κ3) is 9.41. The zero-order valence-electron chi connectivity index (χ0n) is 10.1. The van der Waals surface area contributed by atoms with Crippen LogP contribution in [0.15, 0.2) is 0 Å². The Bertz CT molecular complexity index is 251. The second-order valence-electron chi connectivity index (χ2n) is 4.52. The molecule has 0 fully saturated rings. The lowest BCUT2D eigenvalue weighted by molar-refractivity contribution is -0.165. The molecule has 0 atom stereocenters. The molecule has 0 radical (unpaired) electrons. The van der Waals surface area contributed by atoms with Crippen LogP contribution in [0.4, 0.5) is 13.2 Å². The van der Waals surface area contributed by atoms with Gasteiger partial charge in [-0.25, -0.2) is 0 Å². The Kier molecular flexibility index (Phi) is 6.47. The van der Waals surface area contributed by atoms with Gasteiger partial charge in [-0.3, -0.25) is 4.79 Å². The molecule has 3 nitrogen and oxygen atoms in total. The fraction of sp³-hybridized carbons (Fsp3) is 0.900. The second kappa shape index (κ2) is 6.58. The van der Waals surface area contributed by atoms with Gasteiger partial charge in [-0.1, -0.05) is 15.9 Å². The molecule has 0 bridgehead atoms. The lowest BCUT2D eigenvalue weighted by atomic mass is 10.2. The van der Waals surface area contributed by atoms with E-state index in [1.165, 1.54) is 0 Å². The van der Waals surface area contributed by atoms with Crippen molar-refractivity contribution in [1.82, 2.24) is 4.90 Å². The van der Waals surface area contributed by atoms with Gasteiger partial charge in [0.1, 0.15) is 13.2 Å². The molecule has 0 unspecified atom stereocenters. The van der Waals surface area contributed by atoms with Crippen LogP contribution in [-0.4, -0.2) is 47.6 Å². The van der Waals surface area contributed by atoms with Crippen molar-refractivity contribution in [2.45, 2.75) is 32.5 Å². The number of carbonyl (C=O) groups excluding carboxylic acids is 1. The highest BCUT2D eigenvalue weighted by atomic mass is 79.9. The van der Waals surface area contributed by atoms with Gasteiger partial charge in [0.05, 0.1) is 5.60 Å². The molecule has 0 rings (SSSR count). The molecule has 0 spiro atoms. The van der Waals surface area contributed by atoms with Crippen molar-refractivity contribution in [1.29, 1.82) is 0 Å². The quantitative estimate of drug-likeness (QED) is 0.729. The van der Waals surface area contributed by atoms with E-state index in [9.17, 15) is 18.0 Å².